The molecule has 0 saturated carbocycles. The Bertz CT molecular complexity index is 828. The molecule has 0 aromatic carbocycles. The van der Waals surface area contributed by atoms with Crippen LogP contribution in [0.2, 0.25) is 0 Å². The normalized spacial score (nSPS) is 11.9. The maximum absolute atomic E-state index is 12.4. The zero-order chi connectivity index (χ0) is 22.7. The molecule has 9 heteroatoms. The number of carbonyl (C=O) groups excluding carboxylic acids is 3. The molecule has 0 saturated heterocycles. The Morgan fingerprint density at radius 1 is 1.27 bits per heavy atom. The molecule has 1 atom stereocenters. The SMILES string of the molecule is COc1ccnc(C(=O)NC(CC(N)=O)C(=O)OC/C=C(/C)CCC=C(C)C)c1O. The minimum Gasteiger partial charge on any atom is -0.503 e. The number of pyridine rings is 1. The van der Waals surface area contributed by atoms with Gasteiger partial charge in [-0.1, -0.05) is 17.2 Å². The standard InChI is InChI=1S/C21H29N3O6/c1-13(2)6-5-7-14(3)9-11-30-21(28)15(12-17(22)25)24-20(27)18-19(26)16(29-4)8-10-23-18/h6,8-10,15,26H,5,7,11-12H2,1-4H3,(H2,22,25)(H,24,27)/b14-9-. The maximum Gasteiger partial charge on any atom is 0.329 e. The van der Waals surface area contributed by atoms with Gasteiger partial charge in [-0.15, -0.1) is 0 Å². The second-order valence-electron chi connectivity index (χ2n) is 6.91. The van der Waals surface area contributed by atoms with Crippen molar-refractivity contribution in [3.8, 4) is 11.5 Å². The number of allylic oxidation sites excluding steroid dienone is 3. The van der Waals surface area contributed by atoms with E-state index in [1.165, 1.54) is 24.9 Å². The Kier molecular flexibility index (Phi) is 10.1. The van der Waals surface area contributed by atoms with Crippen LogP contribution in [0.5, 0.6) is 11.5 Å². The van der Waals surface area contributed by atoms with E-state index >= 15 is 0 Å². The van der Waals surface area contributed by atoms with Gasteiger partial charge in [0.25, 0.3) is 5.91 Å². The number of nitrogens with two attached hydrogens (primary N) is 1. The largest absolute Gasteiger partial charge is 0.503 e. The minimum atomic E-state index is -1.32. The molecule has 0 radical (unpaired) electrons. The van der Waals surface area contributed by atoms with E-state index in [0.29, 0.717) is 0 Å². The Morgan fingerprint density at radius 2 is 1.97 bits per heavy atom. The van der Waals surface area contributed by atoms with Crippen molar-refractivity contribution in [2.24, 2.45) is 5.73 Å². The number of rotatable bonds is 11. The number of carbonyl (C=O) groups is 3. The molecule has 164 valence electrons. The van der Waals surface area contributed by atoms with E-state index in [2.05, 4.69) is 16.4 Å². The van der Waals surface area contributed by atoms with Gasteiger partial charge >= 0.3 is 5.97 Å². The molecule has 4 N–H and O–H groups in total. The summed E-state index contributed by atoms with van der Waals surface area (Å²) in [6, 6.07) is 0.0508. The molecule has 1 aromatic heterocycles. The lowest BCUT2D eigenvalue weighted by molar-refractivity contribution is -0.146. The number of nitrogens with one attached hydrogen (secondary N) is 1. The fourth-order valence-corrected chi connectivity index (χ4v) is 2.45. The molecule has 2 amide bonds. The van der Waals surface area contributed by atoms with E-state index in [1.807, 2.05) is 20.8 Å². The van der Waals surface area contributed by atoms with Gasteiger partial charge in [-0.3, -0.25) is 9.59 Å². The Morgan fingerprint density at radius 3 is 2.57 bits per heavy atom. The summed E-state index contributed by atoms with van der Waals surface area (Å²) in [6.45, 7) is 5.96. The van der Waals surface area contributed by atoms with Crippen LogP contribution in [0, 0.1) is 0 Å². The Hall–Kier alpha value is -3.36. The number of aromatic hydroxyl groups is 1. The van der Waals surface area contributed by atoms with Gasteiger partial charge in [-0.05, 0) is 39.7 Å². The number of methoxy groups -OCH3 is 1. The van der Waals surface area contributed by atoms with Gasteiger partial charge in [0, 0.05) is 12.3 Å². The van der Waals surface area contributed by atoms with Crippen LogP contribution in [0.1, 0.15) is 50.5 Å². The van der Waals surface area contributed by atoms with E-state index in [0.717, 1.165) is 18.4 Å². The lowest BCUT2D eigenvalue weighted by Gasteiger charge is -2.16. The van der Waals surface area contributed by atoms with Crippen molar-refractivity contribution in [3.05, 3.63) is 41.3 Å². The first-order valence-electron chi connectivity index (χ1n) is 9.42. The highest BCUT2D eigenvalue weighted by molar-refractivity contribution is 5.98. The summed E-state index contributed by atoms with van der Waals surface area (Å²) in [4.78, 5) is 39.9. The summed E-state index contributed by atoms with van der Waals surface area (Å²) in [6.07, 6.45) is 6.39. The smallest absolute Gasteiger partial charge is 0.329 e. The third kappa shape index (κ3) is 8.34. The fourth-order valence-electron chi connectivity index (χ4n) is 2.45. The number of hydrogen-bond acceptors (Lipinski definition) is 7. The number of amides is 2. The van der Waals surface area contributed by atoms with Crippen LogP contribution in [0.25, 0.3) is 0 Å². The number of hydrogen-bond donors (Lipinski definition) is 3. The molecule has 0 spiro atoms. The average Bonchev–Trinajstić information content (AvgIpc) is 2.66. The van der Waals surface area contributed by atoms with Crippen LogP contribution in [0.15, 0.2) is 35.6 Å². The zero-order valence-corrected chi connectivity index (χ0v) is 17.7. The predicted octanol–water partition coefficient (Wildman–Crippen LogP) is 2.01. The maximum atomic E-state index is 12.4. The molecule has 1 aromatic rings. The van der Waals surface area contributed by atoms with Crippen LogP contribution >= 0.6 is 0 Å². The van der Waals surface area contributed by atoms with E-state index in [-0.39, 0.29) is 18.1 Å². The van der Waals surface area contributed by atoms with Crippen LogP contribution in [-0.4, -0.2) is 47.6 Å². The van der Waals surface area contributed by atoms with Gasteiger partial charge in [0.05, 0.1) is 13.5 Å². The van der Waals surface area contributed by atoms with Gasteiger partial charge in [0.1, 0.15) is 12.6 Å². The molecule has 30 heavy (non-hydrogen) atoms. The second kappa shape index (κ2) is 12.3. The molecule has 1 unspecified atom stereocenters. The van der Waals surface area contributed by atoms with Crippen LogP contribution in [0.3, 0.4) is 0 Å². The van der Waals surface area contributed by atoms with E-state index in [1.54, 1.807) is 6.08 Å². The second-order valence-corrected chi connectivity index (χ2v) is 6.91. The molecule has 1 heterocycles. The summed E-state index contributed by atoms with van der Waals surface area (Å²) >= 11 is 0. The molecule has 1 rings (SSSR count). The van der Waals surface area contributed by atoms with Crippen molar-refractivity contribution in [2.75, 3.05) is 13.7 Å². The quantitative estimate of drug-likeness (QED) is 0.368. The van der Waals surface area contributed by atoms with Gasteiger partial charge in [-0.25, -0.2) is 9.78 Å². The van der Waals surface area contributed by atoms with Crippen molar-refractivity contribution in [1.29, 1.82) is 0 Å². The Balaban J connectivity index is 2.77. The summed E-state index contributed by atoms with van der Waals surface area (Å²) in [5.74, 6) is -2.94. The average molecular weight is 419 g/mol. The summed E-state index contributed by atoms with van der Waals surface area (Å²) < 4.78 is 10.1. The molecular formula is C21H29N3O6. The van der Waals surface area contributed by atoms with Gasteiger partial charge < -0.3 is 25.6 Å². The minimum absolute atomic E-state index is 0.00667. The number of esters is 1. The van der Waals surface area contributed by atoms with E-state index in [4.69, 9.17) is 15.2 Å². The first-order valence-corrected chi connectivity index (χ1v) is 9.42. The number of aromatic nitrogens is 1. The van der Waals surface area contributed by atoms with Gasteiger partial charge in [-0.2, -0.15) is 0 Å². The summed E-state index contributed by atoms with van der Waals surface area (Å²) in [5.41, 5.74) is 7.10. The monoisotopic (exact) mass is 419 g/mol. The van der Waals surface area contributed by atoms with Crippen molar-refractivity contribution < 1.29 is 29.0 Å². The lowest BCUT2D eigenvalue weighted by atomic mass is 10.1. The van der Waals surface area contributed by atoms with Gasteiger partial charge in [0.15, 0.2) is 17.2 Å². The van der Waals surface area contributed by atoms with Crippen LogP contribution in [0.4, 0.5) is 0 Å². The molecule has 0 fully saturated rings. The molecular weight excluding hydrogens is 390 g/mol. The highest BCUT2D eigenvalue weighted by atomic mass is 16.5. The molecule has 0 bridgehead atoms. The third-order valence-corrected chi connectivity index (χ3v) is 4.07. The number of primary amides is 1. The van der Waals surface area contributed by atoms with Gasteiger partial charge in [0.2, 0.25) is 5.91 Å². The Labute approximate surface area is 176 Å². The molecule has 9 nitrogen and oxygen atoms in total. The zero-order valence-electron chi connectivity index (χ0n) is 17.7. The van der Waals surface area contributed by atoms with Crippen molar-refractivity contribution in [1.82, 2.24) is 10.3 Å². The number of nitrogens with zero attached hydrogens (tertiary/aromatic N) is 1. The number of ether oxygens (including phenoxy) is 2. The highest BCUT2D eigenvalue weighted by Crippen LogP contribution is 2.27. The molecule has 0 aliphatic heterocycles. The molecule has 0 aliphatic rings. The topological polar surface area (TPSA) is 141 Å². The van der Waals surface area contributed by atoms with Crippen molar-refractivity contribution >= 4 is 17.8 Å². The van der Waals surface area contributed by atoms with Crippen molar-refractivity contribution in [3.63, 3.8) is 0 Å². The first-order chi connectivity index (χ1) is 14.1. The third-order valence-electron chi connectivity index (χ3n) is 4.07. The van der Waals surface area contributed by atoms with Crippen LogP contribution in [-0.2, 0) is 14.3 Å². The van der Waals surface area contributed by atoms with Crippen LogP contribution < -0.4 is 15.8 Å². The van der Waals surface area contributed by atoms with E-state index in [9.17, 15) is 19.5 Å². The molecule has 0 aliphatic carbocycles. The predicted molar refractivity (Wildman–Crippen MR) is 111 cm³/mol. The van der Waals surface area contributed by atoms with Crippen molar-refractivity contribution in [2.45, 2.75) is 46.1 Å². The lowest BCUT2D eigenvalue weighted by Crippen LogP contribution is -2.44. The van der Waals surface area contributed by atoms with E-state index < -0.39 is 36.0 Å². The highest BCUT2D eigenvalue weighted by Gasteiger charge is 2.27. The first kappa shape index (κ1) is 24.7. The fraction of sp³-hybridized carbons (Fsp3) is 0.429. The summed E-state index contributed by atoms with van der Waals surface area (Å²) in [5, 5.41) is 12.4. The summed E-state index contributed by atoms with van der Waals surface area (Å²) in [7, 11) is 1.32.